The van der Waals surface area contributed by atoms with E-state index in [1.165, 1.54) is 18.4 Å². The van der Waals surface area contributed by atoms with Gasteiger partial charge < -0.3 is 0 Å². The van der Waals surface area contributed by atoms with Crippen molar-refractivity contribution in [3.8, 4) is 0 Å². The van der Waals surface area contributed by atoms with Crippen LogP contribution in [0.1, 0.15) is 49.0 Å². The molecule has 2 aromatic rings. The van der Waals surface area contributed by atoms with Crippen LogP contribution in [0.15, 0.2) is 30.6 Å². The first-order valence-corrected chi connectivity index (χ1v) is 8.69. The summed E-state index contributed by atoms with van der Waals surface area (Å²) in [5.74, 6) is 0.175. The van der Waals surface area contributed by atoms with E-state index in [0.29, 0.717) is 17.6 Å². The van der Waals surface area contributed by atoms with Crippen molar-refractivity contribution in [2.24, 2.45) is 0 Å². The highest BCUT2D eigenvalue weighted by atomic mass is 16.1. The van der Waals surface area contributed by atoms with Crippen molar-refractivity contribution >= 4 is 11.9 Å². The minimum absolute atomic E-state index is 0.176. The van der Waals surface area contributed by atoms with E-state index in [-0.39, 0.29) is 5.91 Å². The number of amides is 1. The average Bonchev–Trinajstić information content (AvgIpc) is 3.18. The van der Waals surface area contributed by atoms with Gasteiger partial charge in [-0.2, -0.15) is 0 Å². The normalized spacial score (nSPS) is 18.0. The Balaban J connectivity index is 1.58. The summed E-state index contributed by atoms with van der Waals surface area (Å²) >= 11 is 0. The molecule has 6 nitrogen and oxygen atoms in total. The summed E-state index contributed by atoms with van der Waals surface area (Å²) in [6, 6.07) is 8.45. The van der Waals surface area contributed by atoms with Crippen molar-refractivity contribution in [2.45, 2.75) is 52.2 Å². The lowest BCUT2D eigenvalue weighted by molar-refractivity contribution is 0.102. The van der Waals surface area contributed by atoms with Gasteiger partial charge in [0.2, 0.25) is 5.95 Å². The Morgan fingerprint density at radius 3 is 2.79 bits per heavy atom. The number of carbonyl (C=O) groups excluding carboxylic acids is 1. The van der Waals surface area contributed by atoms with Crippen LogP contribution in [0.25, 0.3) is 0 Å². The molecule has 1 atom stereocenters. The van der Waals surface area contributed by atoms with Crippen LogP contribution in [0.2, 0.25) is 0 Å². The van der Waals surface area contributed by atoms with E-state index in [2.05, 4.69) is 34.1 Å². The fourth-order valence-electron chi connectivity index (χ4n) is 3.09. The molecule has 1 aromatic carbocycles. The predicted octanol–water partition coefficient (Wildman–Crippen LogP) is 2.92. The molecule has 0 unspecified atom stereocenters. The molecule has 1 N–H and O–H groups in total. The molecule has 0 bridgehead atoms. The number of carbonyl (C=O) groups is 1. The molecule has 1 fully saturated rings. The molecule has 1 aromatic heterocycles. The summed E-state index contributed by atoms with van der Waals surface area (Å²) in [7, 11) is 0. The van der Waals surface area contributed by atoms with Gasteiger partial charge in [-0.3, -0.25) is 19.7 Å². The van der Waals surface area contributed by atoms with Gasteiger partial charge in [0.25, 0.3) is 5.91 Å². The van der Waals surface area contributed by atoms with Crippen molar-refractivity contribution in [2.75, 3.05) is 11.9 Å². The maximum Gasteiger partial charge on any atom is 0.258 e. The molecule has 0 saturated carbocycles. The Kier molecular flexibility index (Phi) is 5.25. The van der Waals surface area contributed by atoms with Gasteiger partial charge in [-0.25, -0.2) is 4.98 Å². The highest BCUT2D eigenvalue weighted by Gasteiger charge is 2.20. The van der Waals surface area contributed by atoms with Gasteiger partial charge in [0.15, 0.2) is 0 Å². The van der Waals surface area contributed by atoms with E-state index < -0.39 is 0 Å². The fraction of sp³-hybridized carbons (Fsp3) is 0.500. The van der Waals surface area contributed by atoms with Crippen LogP contribution >= 0.6 is 0 Å². The standard InChI is InChI=1S/C18H25N5O/c1-3-10-23-13-19-18(21-23)20-17(24)16-8-6-15(7-9-16)12-22-11-4-5-14(22)2/h6-9,13-14H,3-5,10-12H2,1-2H3,(H,20,21,24)/t14-/m0/s1. The number of nitrogens with one attached hydrogen (secondary N) is 1. The Bertz CT molecular complexity index is 679. The number of likely N-dealkylation sites (tertiary alicyclic amines) is 1. The van der Waals surface area contributed by atoms with Crippen LogP contribution in [0.5, 0.6) is 0 Å². The van der Waals surface area contributed by atoms with Gasteiger partial charge in [0.05, 0.1) is 0 Å². The van der Waals surface area contributed by atoms with Crippen LogP contribution in [0, 0.1) is 0 Å². The van der Waals surface area contributed by atoms with Crippen LogP contribution in [0.3, 0.4) is 0 Å². The summed E-state index contributed by atoms with van der Waals surface area (Å²) in [6.45, 7) is 7.26. The molecule has 1 saturated heterocycles. The first kappa shape index (κ1) is 16.6. The minimum atomic E-state index is -0.176. The van der Waals surface area contributed by atoms with E-state index in [9.17, 15) is 4.79 Å². The fourth-order valence-corrected chi connectivity index (χ4v) is 3.09. The van der Waals surface area contributed by atoms with Crippen molar-refractivity contribution in [1.82, 2.24) is 19.7 Å². The van der Waals surface area contributed by atoms with E-state index in [0.717, 1.165) is 26.1 Å². The summed E-state index contributed by atoms with van der Waals surface area (Å²) < 4.78 is 1.73. The lowest BCUT2D eigenvalue weighted by atomic mass is 10.1. The number of nitrogens with zero attached hydrogens (tertiary/aromatic N) is 4. The maximum atomic E-state index is 12.3. The molecule has 0 radical (unpaired) electrons. The highest BCUT2D eigenvalue weighted by molar-refractivity contribution is 6.03. The molecule has 1 amide bonds. The first-order valence-electron chi connectivity index (χ1n) is 8.69. The van der Waals surface area contributed by atoms with E-state index in [1.807, 2.05) is 24.3 Å². The Labute approximate surface area is 142 Å². The SMILES string of the molecule is CCCn1cnc(NC(=O)c2ccc(CN3CCC[C@@H]3C)cc2)n1. The van der Waals surface area contributed by atoms with Crippen LogP contribution < -0.4 is 5.32 Å². The monoisotopic (exact) mass is 327 g/mol. The molecule has 1 aliphatic rings. The van der Waals surface area contributed by atoms with E-state index >= 15 is 0 Å². The Hall–Kier alpha value is -2.21. The van der Waals surface area contributed by atoms with Gasteiger partial charge in [-0.05, 0) is 50.4 Å². The molecule has 3 rings (SSSR count). The van der Waals surface area contributed by atoms with E-state index in [1.54, 1.807) is 11.0 Å². The summed E-state index contributed by atoms with van der Waals surface area (Å²) in [5.41, 5.74) is 1.87. The van der Waals surface area contributed by atoms with Gasteiger partial charge >= 0.3 is 0 Å². The van der Waals surface area contributed by atoms with Gasteiger partial charge in [0, 0.05) is 24.7 Å². The molecule has 24 heavy (non-hydrogen) atoms. The summed E-state index contributed by atoms with van der Waals surface area (Å²) in [6.07, 6.45) is 5.17. The lowest BCUT2D eigenvalue weighted by Crippen LogP contribution is -2.26. The number of hydrogen-bond donors (Lipinski definition) is 1. The molecule has 1 aliphatic heterocycles. The number of benzene rings is 1. The summed E-state index contributed by atoms with van der Waals surface area (Å²) in [5, 5.41) is 6.97. The van der Waals surface area contributed by atoms with Gasteiger partial charge in [0.1, 0.15) is 6.33 Å². The molecule has 2 heterocycles. The Morgan fingerprint density at radius 2 is 2.12 bits per heavy atom. The third-order valence-electron chi connectivity index (χ3n) is 4.51. The largest absolute Gasteiger partial charge is 0.296 e. The van der Waals surface area contributed by atoms with Crippen molar-refractivity contribution < 1.29 is 4.79 Å². The zero-order valence-corrected chi connectivity index (χ0v) is 14.4. The number of rotatable bonds is 6. The maximum absolute atomic E-state index is 12.3. The second-order valence-corrected chi connectivity index (χ2v) is 6.44. The smallest absolute Gasteiger partial charge is 0.258 e. The second-order valence-electron chi connectivity index (χ2n) is 6.44. The topological polar surface area (TPSA) is 63.1 Å². The number of anilines is 1. The highest BCUT2D eigenvalue weighted by Crippen LogP contribution is 2.19. The zero-order valence-electron chi connectivity index (χ0n) is 14.4. The molecule has 0 aliphatic carbocycles. The number of aryl methyl sites for hydroxylation is 1. The molecule has 128 valence electrons. The predicted molar refractivity (Wildman–Crippen MR) is 93.8 cm³/mol. The number of hydrogen-bond acceptors (Lipinski definition) is 4. The molecular formula is C18H25N5O. The van der Waals surface area contributed by atoms with Gasteiger partial charge in [-0.15, -0.1) is 5.10 Å². The van der Waals surface area contributed by atoms with Crippen molar-refractivity contribution in [3.63, 3.8) is 0 Å². The summed E-state index contributed by atoms with van der Waals surface area (Å²) in [4.78, 5) is 18.9. The molecule has 6 heteroatoms. The minimum Gasteiger partial charge on any atom is -0.296 e. The van der Waals surface area contributed by atoms with Gasteiger partial charge in [-0.1, -0.05) is 19.1 Å². The lowest BCUT2D eigenvalue weighted by Gasteiger charge is -2.20. The first-order chi connectivity index (χ1) is 11.7. The second kappa shape index (κ2) is 7.57. The number of aromatic nitrogens is 3. The van der Waals surface area contributed by atoms with E-state index in [4.69, 9.17) is 0 Å². The third kappa shape index (κ3) is 4.00. The Morgan fingerprint density at radius 1 is 1.33 bits per heavy atom. The van der Waals surface area contributed by atoms with Crippen molar-refractivity contribution in [3.05, 3.63) is 41.7 Å². The zero-order chi connectivity index (χ0) is 16.9. The quantitative estimate of drug-likeness (QED) is 0.886. The van der Waals surface area contributed by atoms with Crippen LogP contribution in [-0.4, -0.2) is 38.2 Å². The molecular weight excluding hydrogens is 302 g/mol. The van der Waals surface area contributed by atoms with Crippen LogP contribution in [-0.2, 0) is 13.1 Å². The molecule has 0 spiro atoms. The third-order valence-corrected chi connectivity index (χ3v) is 4.51. The van der Waals surface area contributed by atoms with Crippen molar-refractivity contribution in [1.29, 1.82) is 0 Å². The average molecular weight is 327 g/mol. The van der Waals surface area contributed by atoms with Crippen LogP contribution in [0.4, 0.5) is 5.95 Å².